The number of nitrogens with zero attached hydrogens (tertiary/aromatic N) is 1. The number of hydrogen-bond donors (Lipinski definition) is 2. The van der Waals surface area contributed by atoms with Gasteiger partial charge in [-0.1, -0.05) is 65.0 Å². The normalized spacial score (nSPS) is 48.8. The van der Waals surface area contributed by atoms with Crippen LogP contribution in [0.1, 0.15) is 106 Å². The Bertz CT molecular complexity index is 1380. The molecule has 15 unspecified atom stereocenters. The Labute approximate surface area is 302 Å². The molecule has 8 rings (SSSR count). The van der Waals surface area contributed by atoms with E-state index in [1.807, 2.05) is 20.8 Å². The molecular weight excluding hydrogens is 626 g/mol. The quantitative estimate of drug-likeness (QED) is 0.302. The van der Waals surface area contributed by atoms with Crippen molar-refractivity contribution in [1.29, 1.82) is 0 Å². The second-order valence-electron chi connectivity index (χ2n) is 19.5. The largest absolute Gasteiger partial charge is 0.390 e. The average Bonchev–Trinajstić information content (AvgIpc) is 3.50. The average molecular weight is 694 g/mol. The van der Waals surface area contributed by atoms with Gasteiger partial charge in [0.2, 0.25) is 0 Å². The molecule has 1 aromatic rings. The SMILES string of the molecule is CCOC(C1CC(C)C2C(O1)C(O)C1C3CCC4C(C)(C)C(OC5CN(Cc6ccccc6)CCO5)CCC45C(C)C35CCC21C)C(C)(C)O. The van der Waals surface area contributed by atoms with Crippen LogP contribution in [0.4, 0.5) is 0 Å². The number of benzene rings is 1. The maximum Gasteiger partial charge on any atom is 0.170 e. The van der Waals surface area contributed by atoms with Gasteiger partial charge in [-0.25, -0.2) is 0 Å². The summed E-state index contributed by atoms with van der Waals surface area (Å²) in [5.41, 5.74) is 1.09. The molecule has 5 aliphatic carbocycles. The molecule has 2 aliphatic heterocycles. The van der Waals surface area contributed by atoms with Gasteiger partial charge in [-0.2, -0.15) is 0 Å². The van der Waals surface area contributed by atoms with Gasteiger partial charge in [0.05, 0.1) is 36.6 Å². The molecule has 2 spiro atoms. The Morgan fingerprint density at radius 2 is 1.76 bits per heavy atom. The standard InChI is InChI=1S/C43H67NO6/c1-9-47-38(40(6,7)46)30-23-26(2)34-37(49-30)36(45)35-29-15-16-31-39(4,5)32(17-18-43(31)27(3)42(29,43)20-19-41(34,35)8)50-33-25-44(21-22-48-33)24-28-13-11-10-12-14-28/h10-14,26-27,29-38,45-46H,9,15-25H2,1-8H3. The van der Waals surface area contributed by atoms with Gasteiger partial charge in [-0.05, 0) is 128 Å². The summed E-state index contributed by atoms with van der Waals surface area (Å²) in [6.45, 7) is 22.1. The van der Waals surface area contributed by atoms with Crippen molar-refractivity contribution in [1.82, 2.24) is 4.90 Å². The highest BCUT2D eigenvalue weighted by atomic mass is 16.7. The smallest absolute Gasteiger partial charge is 0.170 e. The molecule has 7 fully saturated rings. The summed E-state index contributed by atoms with van der Waals surface area (Å²) in [6, 6.07) is 10.8. The Hall–Kier alpha value is -1.06. The molecule has 0 amide bonds. The molecule has 280 valence electrons. The lowest BCUT2D eigenvalue weighted by Gasteiger charge is -2.60. The van der Waals surface area contributed by atoms with Crippen LogP contribution in [0.15, 0.2) is 30.3 Å². The van der Waals surface area contributed by atoms with Crippen molar-refractivity contribution >= 4 is 0 Å². The third kappa shape index (κ3) is 5.13. The number of aliphatic hydroxyl groups is 2. The van der Waals surface area contributed by atoms with E-state index in [1.165, 1.54) is 37.7 Å². The predicted molar refractivity (Wildman–Crippen MR) is 194 cm³/mol. The summed E-state index contributed by atoms with van der Waals surface area (Å²) in [4.78, 5) is 2.49. The van der Waals surface area contributed by atoms with Gasteiger partial charge < -0.3 is 29.2 Å². The van der Waals surface area contributed by atoms with Crippen molar-refractivity contribution < 1.29 is 29.2 Å². The molecule has 0 aromatic heterocycles. The second kappa shape index (κ2) is 12.5. The zero-order valence-corrected chi connectivity index (χ0v) is 32.3. The van der Waals surface area contributed by atoms with Crippen LogP contribution in [0.25, 0.3) is 0 Å². The first-order valence-corrected chi connectivity index (χ1v) is 20.4. The van der Waals surface area contributed by atoms with E-state index in [9.17, 15) is 10.2 Å². The van der Waals surface area contributed by atoms with E-state index < -0.39 is 17.8 Å². The summed E-state index contributed by atoms with van der Waals surface area (Å²) in [5.74, 6) is 2.81. The molecule has 0 bridgehead atoms. The third-order valence-corrected chi connectivity index (χ3v) is 16.6. The Balaban J connectivity index is 0.999. The van der Waals surface area contributed by atoms with E-state index in [0.29, 0.717) is 47.0 Å². The maximum absolute atomic E-state index is 12.5. The number of hydrogen-bond acceptors (Lipinski definition) is 7. The number of fused-ring (bicyclic) bond motifs is 4. The maximum atomic E-state index is 12.5. The highest BCUT2D eigenvalue weighted by Crippen LogP contribution is 2.89. The highest BCUT2D eigenvalue weighted by molar-refractivity contribution is 5.33. The van der Waals surface area contributed by atoms with Crippen molar-refractivity contribution in [2.24, 2.45) is 57.2 Å². The summed E-state index contributed by atoms with van der Waals surface area (Å²) in [7, 11) is 0. The topological polar surface area (TPSA) is 80.6 Å². The van der Waals surface area contributed by atoms with Crippen LogP contribution in [-0.4, -0.2) is 83.8 Å². The van der Waals surface area contributed by atoms with Gasteiger partial charge in [0.25, 0.3) is 0 Å². The van der Waals surface area contributed by atoms with Crippen molar-refractivity contribution in [3.8, 4) is 0 Å². The summed E-state index contributed by atoms with van der Waals surface area (Å²) < 4.78 is 26.3. The second-order valence-corrected chi connectivity index (χ2v) is 19.5. The van der Waals surface area contributed by atoms with Crippen LogP contribution >= 0.6 is 0 Å². The predicted octanol–water partition coefficient (Wildman–Crippen LogP) is 7.08. The van der Waals surface area contributed by atoms with E-state index in [2.05, 4.69) is 69.9 Å². The van der Waals surface area contributed by atoms with E-state index in [0.717, 1.165) is 39.1 Å². The van der Waals surface area contributed by atoms with Gasteiger partial charge in [0.1, 0.15) is 6.10 Å². The summed E-state index contributed by atoms with van der Waals surface area (Å²) in [6.07, 6.45) is 6.78. The van der Waals surface area contributed by atoms with Crippen molar-refractivity contribution in [2.75, 3.05) is 26.3 Å². The van der Waals surface area contributed by atoms with E-state index in [4.69, 9.17) is 18.9 Å². The molecule has 7 aliphatic rings. The fraction of sp³-hybridized carbons (Fsp3) is 0.860. The number of aliphatic hydroxyl groups excluding tert-OH is 1. The first kappa shape index (κ1) is 35.9. The monoisotopic (exact) mass is 693 g/mol. The Morgan fingerprint density at radius 3 is 2.48 bits per heavy atom. The van der Waals surface area contributed by atoms with E-state index in [-0.39, 0.29) is 41.3 Å². The van der Waals surface area contributed by atoms with Crippen LogP contribution in [0.2, 0.25) is 0 Å². The lowest BCUT2D eigenvalue weighted by atomic mass is 9.45. The van der Waals surface area contributed by atoms with Crippen molar-refractivity contribution in [3.05, 3.63) is 35.9 Å². The minimum Gasteiger partial charge on any atom is -0.390 e. The molecule has 2 saturated heterocycles. The minimum absolute atomic E-state index is 0.0608. The fourth-order valence-electron chi connectivity index (χ4n) is 14.9. The zero-order valence-electron chi connectivity index (χ0n) is 32.3. The number of morpholine rings is 1. The molecule has 7 heteroatoms. The Morgan fingerprint density at radius 1 is 1.00 bits per heavy atom. The lowest BCUT2D eigenvalue weighted by molar-refractivity contribution is -0.246. The fourth-order valence-corrected chi connectivity index (χ4v) is 14.9. The van der Waals surface area contributed by atoms with E-state index in [1.54, 1.807) is 0 Å². The highest BCUT2D eigenvalue weighted by Gasteiger charge is 2.85. The number of rotatable bonds is 8. The van der Waals surface area contributed by atoms with Crippen molar-refractivity contribution in [2.45, 2.75) is 149 Å². The zero-order chi connectivity index (χ0) is 35.4. The van der Waals surface area contributed by atoms with Crippen LogP contribution in [0, 0.1) is 57.2 Å². The van der Waals surface area contributed by atoms with Gasteiger partial charge in [-0.3, -0.25) is 4.90 Å². The molecule has 2 heterocycles. The number of ether oxygens (including phenoxy) is 4. The molecule has 2 N–H and O–H groups in total. The van der Waals surface area contributed by atoms with Crippen LogP contribution in [0.3, 0.4) is 0 Å². The van der Waals surface area contributed by atoms with Crippen LogP contribution < -0.4 is 0 Å². The lowest BCUT2D eigenvalue weighted by Crippen LogP contribution is -2.57. The molecule has 7 nitrogen and oxygen atoms in total. The van der Waals surface area contributed by atoms with Crippen LogP contribution in [-0.2, 0) is 25.5 Å². The van der Waals surface area contributed by atoms with E-state index >= 15 is 0 Å². The summed E-state index contributed by atoms with van der Waals surface area (Å²) in [5, 5.41) is 23.5. The molecule has 15 atom stereocenters. The first-order chi connectivity index (χ1) is 23.7. The minimum atomic E-state index is -1.01. The van der Waals surface area contributed by atoms with Gasteiger partial charge in [0, 0.05) is 26.2 Å². The van der Waals surface area contributed by atoms with Crippen molar-refractivity contribution in [3.63, 3.8) is 0 Å². The van der Waals surface area contributed by atoms with Gasteiger partial charge in [-0.15, -0.1) is 0 Å². The van der Waals surface area contributed by atoms with Gasteiger partial charge in [0.15, 0.2) is 6.29 Å². The molecule has 0 radical (unpaired) electrons. The molecular formula is C43H67NO6. The van der Waals surface area contributed by atoms with Crippen LogP contribution in [0.5, 0.6) is 0 Å². The third-order valence-electron chi connectivity index (χ3n) is 16.6. The Kier molecular flexibility index (Phi) is 8.98. The van der Waals surface area contributed by atoms with Gasteiger partial charge >= 0.3 is 0 Å². The molecule has 5 saturated carbocycles. The summed E-state index contributed by atoms with van der Waals surface area (Å²) >= 11 is 0. The first-order valence-electron chi connectivity index (χ1n) is 20.4. The molecule has 1 aromatic carbocycles. The molecule has 50 heavy (non-hydrogen) atoms.